The van der Waals surface area contributed by atoms with Crippen LogP contribution in [0.25, 0.3) is 10.9 Å². The number of benzene rings is 2. The summed E-state index contributed by atoms with van der Waals surface area (Å²) in [5, 5.41) is 13.2. The summed E-state index contributed by atoms with van der Waals surface area (Å²) in [5.41, 5.74) is 8.20. The van der Waals surface area contributed by atoms with Crippen LogP contribution >= 0.6 is 0 Å². The maximum absolute atomic E-state index is 12.2. The normalized spacial score (nSPS) is 11.9. The van der Waals surface area contributed by atoms with Gasteiger partial charge < -0.3 is 21.1 Å². The van der Waals surface area contributed by atoms with Gasteiger partial charge in [0, 0.05) is 11.1 Å². The number of carbonyl (C=O) groups is 1. The predicted molar refractivity (Wildman–Crippen MR) is 94.1 cm³/mol. The van der Waals surface area contributed by atoms with Crippen LogP contribution in [-0.4, -0.2) is 23.3 Å². The van der Waals surface area contributed by atoms with Crippen LogP contribution in [0.5, 0.6) is 5.75 Å². The van der Waals surface area contributed by atoms with Gasteiger partial charge in [0.15, 0.2) is 5.82 Å². The number of ether oxygens (including phenoxy) is 1. The number of aromatic amines is 1. The average Bonchev–Trinajstić information content (AvgIpc) is 2.95. The first kappa shape index (κ1) is 15.7. The minimum atomic E-state index is -0.299. The second-order valence-corrected chi connectivity index (χ2v) is 5.47. The average molecular weight is 325 g/mol. The van der Waals surface area contributed by atoms with Crippen LogP contribution in [-0.2, 0) is 0 Å². The molecule has 7 nitrogen and oxygen atoms in total. The number of anilines is 2. The third-order valence-electron chi connectivity index (χ3n) is 3.79. The lowest BCUT2D eigenvalue weighted by atomic mass is 10.1. The zero-order valence-electron chi connectivity index (χ0n) is 13.5. The molecule has 24 heavy (non-hydrogen) atoms. The lowest BCUT2D eigenvalue weighted by molar-refractivity contribution is 0.249. The first-order valence-electron chi connectivity index (χ1n) is 7.52. The van der Waals surface area contributed by atoms with Gasteiger partial charge in [-0.2, -0.15) is 5.10 Å². The summed E-state index contributed by atoms with van der Waals surface area (Å²) >= 11 is 0. The van der Waals surface area contributed by atoms with E-state index in [0.717, 1.165) is 22.2 Å². The van der Waals surface area contributed by atoms with Gasteiger partial charge in [-0.05, 0) is 42.8 Å². The minimum Gasteiger partial charge on any atom is -0.497 e. The van der Waals surface area contributed by atoms with E-state index in [1.165, 1.54) is 0 Å². The molecule has 0 aliphatic carbocycles. The fraction of sp³-hybridized carbons (Fsp3) is 0.176. The third-order valence-corrected chi connectivity index (χ3v) is 3.79. The highest BCUT2D eigenvalue weighted by Gasteiger charge is 2.11. The summed E-state index contributed by atoms with van der Waals surface area (Å²) < 4.78 is 5.20. The lowest BCUT2D eigenvalue weighted by Crippen LogP contribution is -2.31. The molecule has 124 valence electrons. The number of fused-ring (bicyclic) bond motifs is 1. The van der Waals surface area contributed by atoms with Crippen LogP contribution in [0, 0.1) is 0 Å². The van der Waals surface area contributed by atoms with Gasteiger partial charge in [0.25, 0.3) is 0 Å². The SMILES string of the molecule is COc1cccc(C(C)NC(=O)Nc2ccc3[nH]nc(N)c3c2)c1. The number of hydrogen-bond acceptors (Lipinski definition) is 4. The number of aromatic nitrogens is 2. The number of amides is 2. The van der Waals surface area contributed by atoms with Crippen molar-refractivity contribution in [1.82, 2.24) is 15.5 Å². The molecule has 0 aliphatic rings. The van der Waals surface area contributed by atoms with Gasteiger partial charge in [-0.1, -0.05) is 12.1 Å². The first-order valence-corrected chi connectivity index (χ1v) is 7.52. The Bertz CT molecular complexity index is 874. The maximum Gasteiger partial charge on any atom is 0.319 e. The summed E-state index contributed by atoms with van der Waals surface area (Å²) in [4.78, 5) is 12.2. The van der Waals surface area contributed by atoms with Crippen LogP contribution in [0.2, 0.25) is 0 Å². The zero-order valence-corrected chi connectivity index (χ0v) is 13.5. The van der Waals surface area contributed by atoms with E-state index in [0.29, 0.717) is 11.5 Å². The Morgan fingerprint density at radius 2 is 2.12 bits per heavy atom. The molecular weight excluding hydrogens is 306 g/mol. The van der Waals surface area contributed by atoms with E-state index in [1.807, 2.05) is 37.3 Å². The van der Waals surface area contributed by atoms with Gasteiger partial charge >= 0.3 is 6.03 Å². The maximum atomic E-state index is 12.2. The summed E-state index contributed by atoms with van der Waals surface area (Å²) in [6.45, 7) is 1.91. The molecule has 0 fully saturated rings. The molecule has 1 atom stereocenters. The number of H-pyrrole nitrogens is 1. The topological polar surface area (TPSA) is 105 Å². The van der Waals surface area contributed by atoms with Crippen molar-refractivity contribution >= 4 is 28.4 Å². The van der Waals surface area contributed by atoms with E-state index in [-0.39, 0.29) is 12.1 Å². The molecule has 5 N–H and O–H groups in total. The van der Waals surface area contributed by atoms with E-state index >= 15 is 0 Å². The Kier molecular flexibility index (Phi) is 4.24. The van der Waals surface area contributed by atoms with Crippen LogP contribution in [0.15, 0.2) is 42.5 Å². The summed E-state index contributed by atoms with van der Waals surface area (Å²) in [6.07, 6.45) is 0. The number of carbonyl (C=O) groups excluding carboxylic acids is 1. The molecule has 0 spiro atoms. The van der Waals surface area contributed by atoms with Gasteiger partial charge in [0.2, 0.25) is 0 Å². The number of hydrogen-bond donors (Lipinski definition) is 4. The molecule has 0 saturated heterocycles. The minimum absolute atomic E-state index is 0.164. The van der Waals surface area contributed by atoms with Crippen molar-refractivity contribution in [1.29, 1.82) is 0 Å². The number of methoxy groups -OCH3 is 1. The van der Waals surface area contributed by atoms with Crippen LogP contribution in [0.1, 0.15) is 18.5 Å². The van der Waals surface area contributed by atoms with Gasteiger partial charge in [0.1, 0.15) is 5.75 Å². The van der Waals surface area contributed by atoms with Crippen molar-refractivity contribution in [2.75, 3.05) is 18.2 Å². The molecule has 1 heterocycles. The highest BCUT2D eigenvalue weighted by atomic mass is 16.5. The molecule has 1 aromatic heterocycles. The molecule has 0 radical (unpaired) electrons. The molecule has 1 unspecified atom stereocenters. The van der Waals surface area contributed by atoms with Crippen molar-refractivity contribution in [3.8, 4) is 5.75 Å². The molecule has 2 amide bonds. The third kappa shape index (κ3) is 3.24. The van der Waals surface area contributed by atoms with Crippen LogP contribution in [0.4, 0.5) is 16.3 Å². The zero-order chi connectivity index (χ0) is 17.1. The molecule has 3 rings (SSSR count). The number of nitrogens with zero attached hydrogens (tertiary/aromatic N) is 1. The van der Waals surface area contributed by atoms with Crippen LogP contribution in [0.3, 0.4) is 0 Å². The second-order valence-electron chi connectivity index (χ2n) is 5.47. The molecular formula is C17H19N5O2. The number of rotatable bonds is 4. The smallest absolute Gasteiger partial charge is 0.319 e. The van der Waals surface area contributed by atoms with Crippen molar-refractivity contribution in [3.63, 3.8) is 0 Å². The van der Waals surface area contributed by atoms with Gasteiger partial charge in [0.05, 0.1) is 18.7 Å². The number of nitrogen functional groups attached to an aromatic ring is 1. The standard InChI is InChI=1S/C17H19N5O2/c1-10(11-4-3-5-13(8-11)24-2)19-17(23)20-12-6-7-15-14(9-12)16(18)22-21-15/h3-10H,1-2H3,(H3,18,21,22)(H2,19,20,23). The van der Waals surface area contributed by atoms with E-state index in [1.54, 1.807) is 19.2 Å². The largest absolute Gasteiger partial charge is 0.497 e. The summed E-state index contributed by atoms with van der Waals surface area (Å²) in [5.74, 6) is 1.15. The molecule has 0 bridgehead atoms. The van der Waals surface area contributed by atoms with E-state index in [9.17, 15) is 4.79 Å². The highest BCUT2D eigenvalue weighted by molar-refractivity contribution is 5.95. The Morgan fingerprint density at radius 1 is 1.29 bits per heavy atom. The van der Waals surface area contributed by atoms with Crippen molar-refractivity contribution in [2.45, 2.75) is 13.0 Å². The molecule has 3 aromatic rings. The fourth-order valence-electron chi connectivity index (χ4n) is 2.47. The number of nitrogens with two attached hydrogens (primary N) is 1. The summed E-state index contributed by atoms with van der Waals surface area (Å²) in [6, 6.07) is 12.5. The first-order chi connectivity index (χ1) is 11.6. The van der Waals surface area contributed by atoms with E-state index in [4.69, 9.17) is 10.5 Å². The van der Waals surface area contributed by atoms with Crippen molar-refractivity contribution < 1.29 is 9.53 Å². The molecule has 7 heteroatoms. The van der Waals surface area contributed by atoms with E-state index < -0.39 is 0 Å². The highest BCUT2D eigenvalue weighted by Crippen LogP contribution is 2.22. The predicted octanol–water partition coefficient (Wildman–Crippen LogP) is 3.04. The summed E-state index contributed by atoms with van der Waals surface area (Å²) in [7, 11) is 1.61. The van der Waals surface area contributed by atoms with Gasteiger partial charge in [-0.3, -0.25) is 5.10 Å². The lowest BCUT2D eigenvalue weighted by Gasteiger charge is -2.16. The monoisotopic (exact) mass is 325 g/mol. The van der Waals surface area contributed by atoms with Gasteiger partial charge in [-0.25, -0.2) is 4.79 Å². The fourth-order valence-corrected chi connectivity index (χ4v) is 2.47. The van der Waals surface area contributed by atoms with Crippen LogP contribution < -0.4 is 21.1 Å². The van der Waals surface area contributed by atoms with Gasteiger partial charge in [-0.15, -0.1) is 0 Å². The van der Waals surface area contributed by atoms with E-state index in [2.05, 4.69) is 20.8 Å². The Morgan fingerprint density at radius 3 is 2.92 bits per heavy atom. The Hall–Kier alpha value is -3.22. The van der Waals surface area contributed by atoms with Crippen molar-refractivity contribution in [2.24, 2.45) is 0 Å². The Balaban J connectivity index is 1.68. The second kappa shape index (κ2) is 6.49. The molecule has 2 aromatic carbocycles. The quantitative estimate of drug-likeness (QED) is 0.591. The van der Waals surface area contributed by atoms with Crippen molar-refractivity contribution in [3.05, 3.63) is 48.0 Å². The number of urea groups is 1. The Labute approximate surface area is 139 Å². The molecule has 0 aliphatic heterocycles. The molecule has 0 saturated carbocycles. The number of nitrogens with one attached hydrogen (secondary N) is 3.